The predicted octanol–water partition coefficient (Wildman–Crippen LogP) is 2.31. The Hall–Kier alpha value is -1.50. The summed E-state index contributed by atoms with van der Waals surface area (Å²) in [6.45, 7) is 4.76. The highest BCUT2D eigenvalue weighted by Gasteiger charge is 2.52. The number of ether oxygens (including phenoxy) is 6. The van der Waals surface area contributed by atoms with Crippen molar-refractivity contribution in [2.24, 2.45) is 0 Å². The maximum Gasteiger partial charge on any atom is 0.303 e. The Morgan fingerprint density at radius 3 is 1.94 bits per heavy atom. The van der Waals surface area contributed by atoms with Gasteiger partial charge in [0.05, 0.1) is 6.61 Å². The minimum absolute atomic E-state index is 0.273. The van der Waals surface area contributed by atoms with Crippen molar-refractivity contribution in [2.45, 2.75) is 84.1 Å². The van der Waals surface area contributed by atoms with Crippen molar-refractivity contribution in [3.63, 3.8) is 0 Å². The number of hydrogen-bond acceptors (Lipinski definition) is 12. The molecule has 0 radical (unpaired) electrons. The van der Waals surface area contributed by atoms with Crippen molar-refractivity contribution >= 4 is 48.3 Å². The first kappa shape index (κ1) is 30.5. The molecule has 10 nitrogen and oxygen atoms in total. The summed E-state index contributed by atoms with van der Waals surface area (Å²) in [7, 11) is 0. The zero-order chi connectivity index (χ0) is 25.5. The smallest absolute Gasteiger partial charge is 0.303 e. The van der Waals surface area contributed by atoms with Crippen LogP contribution in [0, 0.1) is 0 Å². The zero-order valence-electron chi connectivity index (χ0n) is 20.2. The molecule has 1 heterocycles. The topological polar surface area (TPSA) is 124 Å². The molecule has 0 aromatic carbocycles. The average Bonchev–Trinajstić information content (AvgIpc) is 2.74. The van der Waals surface area contributed by atoms with Crippen LogP contribution in [-0.2, 0) is 47.6 Å². The summed E-state index contributed by atoms with van der Waals surface area (Å²) in [5.41, 5.74) is 0. The van der Waals surface area contributed by atoms with E-state index in [1.54, 1.807) is 11.8 Å². The van der Waals surface area contributed by atoms with E-state index in [-0.39, 0.29) is 13.2 Å². The zero-order valence-corrected chi connectivity index (χ0v) is 21.9. The molecule has 0 unspecified atom stereocenters. The van der Waals surface area contributed by atoms with Crippen LogP contribution in [0.2, 0.25) is 0 Å². The Bertz CT molecular complexity index is 660. The molecule has 5 atom stereocenters. The molecular weight excluding hydrogens is 488 g/mol. The van der Waals surface area contributed by atoms with Crippen molar-refractivity contribution in [3.05, 3.63) is 0 Å². The van der Waals surface area contributed by atoms with Crippen LogP contribution in [0.25, 0.3) is 0 Å². The standard InChI is InChI=1S/C22H36O10S2/c1-14(23)28-13-18-19(29-15(2)24)20(30-16(3)25)21(31-17(4)26)22(32-18)27-9-12-34-11-8-6-5-7-10-33/h18-22,33H,5-13H2,1-4H3/t18-,19+,20+,21-,22+/m1/s1. The van der Waals surface area contributed by atoms with Gasteiger partial charge in [-0.2, -0.15) is 24.4 Å². The van der Waals surface area contributed by atoms with Gasteiger partial charge in [0, 0.05) is 33.4 Å². The summed E-state index contributed by atoms with van der Waals surface area (Å²) in [5.74, 6) is -0.0373. The van der Waals surface area contributed by atoms with E-state index in [0.717, 1.165) is 37.2 Å². The summed E-state index contributed by atoms with van der Waals surface area (Å²) >= 11 is 5.92. The van der Waals surface area contributed by atoms with Gasteiger partial charge in [-0.3, -0.25) is 19.2 Å². The number of rotatable bonds is 15. The van der Waals surface area contributed by atoms with Crippen molar-refractivity contribution in [3.8, 4) is 0 Å². The second-order valence-electron chi connectivity index (χ2n) is 7.69. The Morgan fingerprint density at radius 1 is 0.765 bits per heavy atom. The lowest BCUT2D eigenvalue weighted by atomic mass is 9.98. The first-order valence-corrected chi connectivity index (χ1v) is 13.0. The summed E-state index contributed by atoms with van der Waals surface area (Å²) in [5, 5.41) is 0. The fourth-order valence-corrected chi connectivity index (χ4v) is 4.37. The molecule has 0 spiro atoms. The minimum atomic E-state index is -1.22. The third-order valence-corrected chi connectivity index (χ3v) is 6.00. The third-order valence-electron chi connectivity index (χ3n) is 4.65. The van der Waals surface area contributed by atoms with Crippen LogP contribution in [-0.4, -0.2) is 85.1 Å². The van der Waals surface area contributed by atoms with Crippen LogP contribution >= 0.6 is 24.4 Å². The third kappa shape index (κ3) is 12.3. The Morgan fingerprint density at radius 2 is 1.35 bits per heavy atom. The van der Waals surface area contributed by atoms with E-state index < -0.39 is 54.6 Å². The molecule has 0 amide bonds. The van der Waals surface area contributed by atoms with E-state index in [0.29, 0.717) is 5.75 Å². The van der Waals surface area contributed by atoms with Gasteiger partial charge in [-0.1, -0.05) is 12.8 Å². The minimum Gasteiger partial charge on any atom is -0.463 e. The SMILES string of the molecule is CC(=O)OC[C@H]1O[C@H](OCCSCCCCCCS)[C@H](OC(C)=O)[C@@H](OC(C)=O)[C@H]1OC(C)=O. The van der Waals surface area contributed by atoms with Gasteiger partial charge in [0.25, 0.3) is 0 Å². The second kappa shape index (κ2) is 17.0. The molecule has 12 heteroatoms. The number of esters is 4. The van der Waals surface area contributed by atoms with Crippen molar-refractivity contribution < 1.29 is 47.6 Å². The first-order valence-electron chi connectivity index (χ1n) is 11.3. The first-order chi connectivity index (χ1) is 16.1. The van der Waals surface area contributed by atoms with E-state index in [9.17, 15) is 19.2 Å². The average molecular weight is 525 g/mol. The summed E-state index contributed by atoms with van der Waals surface area (Å²) in [6.07, 6.45) is -1.22. The monoisotopic (exact) mass is 524 g/mol. The lowest BCUT2D eigenvalue weighted by Gasteiger charge is -2.44. The van der Waals surface area contributed by atoms with E-state index in [2.05, 4.69) is 12.6 Å². The Kier molecular flexibility index (Phi) is 15.3. The molecule has 0 aromatic rings. The molecule has 1 aliphatic rings. The molecule has 0 bridgehead atoms. The van der Waals surface area contributed by atoms with E-state index in [4.69, 9.17) is 28.4 Å². The van der Waals surface area contributed by atoms with Crippen LogP contribution in [0.15, 0.2) is 0 Å². The van der Waals surface area contributed by atoms with Gasteiger partial charge < -0.3 is 28.4 Å². The maximum absolute atomic E-state index is 11.8. The lowest BCUT2D eigenvalue weighted by molar-refractivity contribution is -0.307. The highest BCUT2D eigenvalue weighted by Crippen LogP contribution is 2.30. The number of unbranched alkanes of at least 4 members (excludes halogenated alkanes) is 3. The van der Waals surface area contributed by atoms with Gasteiger partial charge in [0.1, 0.15) is 12.7 Å². The van der Waals surface area contributed by atoms with Crippen molar-refractivity contribution in [1.82, 2.24) is 0 Å². The summed E-state index contributed by atoms with van der Waals surface area (Å²) in [4.78, 5) is 46.6. The number of carbonyl (C=O) groups is 4. The summed E-state index contributed by atoms with van der Waals surface area (Å²) in [6, 6.07) is 0. The molecule has 0 aliphatic carbocycles. The highest BCUT2D eigenvalue weighted by molar-refractivity contribution is 7.99. The van der Waals surface area contributed by atoms with Crippen molar-refractivity contribution in [2.75, 3.05) is 30.5 Å². The lowest BCUT2D eigenvalue weighted by Crippen LogP contribution is -2.63. The second-order valence-corrected chi connectivity index (χ2v) is 9.36. The van der Waals surface area contributed by atoms with Gasteiger partial charge in [-0.05, 0) is 24.3 Å². The summed E-state index contributed by atoms with van der Waals surface area (Å²) < 4.78 is 32.8. The number of carbonyl (C=O) groups excluding carboxylic acids is 4. The van der Waals surface area contributed by atoms with Crippen LogP contribution in [0.3, 0.4) is 0 Å². The normalized spacial score (nSPS) is 24.2. The van der Waals surface area contributed by atoms with E-state index >= 15 is 0 Å². The molecule has 0 N–H and O–H groups in total. The molecule has 1 fully saturated rings. The predicted molar refractivity (Wildman–Crippen MR) is 128 cm³/mol. The van der Waals surface area contributed by atoms with Gasteiger partial charge in [0.2, 0.25) is 0 Å². The molecule has 1 aliphatic heterocycles. The van der Waals surface area contributed by atoms with Gasteiger partial charge in [-0.15, -0.1) is 0 Å². The molecule has 196 valence electrons. The molecule has 0 aromatic heterocycles. The molecule has 1 rings (SSSR count). The Labute approximate surface area is 210 Å². The van der Waals surface area contributed by atoms with Crippen molar-refractivity contribution in [1.29, 1.82) is 0 Å². The highest BCUT2D eigenvalue weighted by atomic mass is 32.2. The molecule has 1 saturated heterocycles. The number of hydrogen-bond donors (Lipinski definition) is 1. The van der Waals surface area contributed by atoms with E-state index in [1.165, 1.54) is 27.7 Å². The number of thioether (sulfide) groups is 1. The largest absolute Gasteiger partial charge is 0.463 e. The Balaban J connectivity index is 2.89. The molecular formula is C22H36O10S2. The van der Waals surface area contributed by atoms with Crippen LogP contribution < -0.4 is 0 Å². The van der Waals surface area contributed by atoms with Gasteiger partial charge >= 0.3 is 23.9 Å². The van der Waals surface area contributed by atoms with Crippen LogP contribution in [0.1, 0.15) is 53.4 Å². The van der Waals surface area contributed by atoms with Crippen LogP contribution in [0.5, 0.6) is 0 Å². The van der Waals surface area contributed by atoms with E-state index in [1.807, 2.05) is 0 Å². The maximum atomic E-state index is 11.8. The quantitative estimate of drug-likeness (QED) is 0.147. The fraction of sp³-hybridized carbons (Fsp3) is 0.818. The fourth-order valence-electron chi connectivity index (χ4n) is 3.32. The van der Waals surface area contributed by atoms with Crippen LogP contribution in [0.4, 0.5) is 0 Å². The molecule has 0 saturated carbocycles. The molecule has 34 heavy (non-hydrogen) atoms. The van der Waals surface area contributed by atoms with Gasteiger partial charge in [0.15, 0.2) is 24.6 Å². The number of thiol groups is 1. The van der Waals surface area contributed by atoms with Gasteiger partial charge in [-0.25, -0.2) is 0 Å².